The molecule has 1 saturated heterocycles. The Balaban J connectivity index is 2.03. The molecule has 1 unspecified atom stereocenters. The van der Waals surface area contributed by atoms with Gasteiger partial charge in [-0.25, -0.2) is 5.84 Å². The second kappa shape index (κ2) is 6.50. The topological polar surface area (TPSA) is 58.4 Å². The number of amides is 1. The predicted molar refractivity (Wildman–Crippen MR) is 79.5 cm³/mol. The van der Waals surface area contributed by atoms with Gasteiger partial charge in [0, 0.05) is 23.1 Å². The number of carbonyl (C=O) groups is 1. The van der Waals surface area contributed by atoms with E-state index < -0.39 is 0 Å². The summed E-state index contributed by atoms with van der Waals surface area (Å²) in [5, 5.41) is 0. The third kappa shape index (κ3) is 3.55. The molecule has 1 amide bonds. The van der Waals surface area contributed by atoms with Gasteiger partial charge in [0.25, 0.3) is 5.91 Å². The number of carbonyl (C=O) groups excluding carboxylic acids is 1. The molecule has 1 atom stereocenters. The lowest BCUT2D eigenvalue weighted by molar-refractivity contribution is 0.0953. The highest BCUT2D eigenvalue weighted by atomic mass is 79.9. The van der Waals surface area contributed by atoms with Crippen molar-refractivity contribution in [1.29, 1.82) is 0 Å². The molecular weight excluding hydrogens is 306 g/mol. The number of likely N-dealkylation sites (tertiary alicyclic amines) is 1. The number of hydrogen-bond acceptors (Lipinski definition) is 3. The van der Waals surface area contributed by atoms with Gasteiger partial charge in [0.15, 0.2) is 0 Å². The summed E-state index contributed by atoms with van der Waals surface area (Å²) in [6.45, 7) is 5.52. The maximum atomic E-state index is 11.4. The second-order valence-electron chi connectivity index (χ2n) is 5.08. The van der Waals surface area contributed by atoms with Crippen LogP contribution in [-0.2, 0) is 6.54 Å². The normalized spacial score (nSPS) is 19.6. The summed E-state index contributed by atoms with van der Waals surface area (Å²) in [6, 6.07) is 5.63. The molecule has 5 heteroatoms. The van der Waals surface area contributed by atoms with Gasteiger partial charge in [-0.05, 0) is 36.6 Å². The van der Waals surface area contributed by atoms with Gasteiger partial charge in [-0.2, -0.15) is 0 Å². The zero-order valence-corrected chi connectivity index (χ0v) is 12.7. The first-order chi connectivity index (χ1) is 9.13. The number of hydrazine groups is 1. The number of rotatable bonds is 4. The zero-order chi connectivity index (χ0) is 13.8. The molecule has 1 aliphatic rings. The van der Waals surface area contributed by atoms with Crippen LogP contribution in [-0.4, -0.2) is 23.9 Å². The van der Waals surface area contributed by atoms with Crippen LogP contribution in [0.15, 0.2) is 22.7 Å². The monoisotopic (exact) mass is 325 g/mol. The maximum Gasteiger partial charge on any atom is 0.265 e. The number of nitrogen functional groups attached to an aromatic ring is 1. The Hall–Kier alpha value is -0.910. The summed E-state index contributed by atoms with van der Waals surface area (Å²) >= 11 is 3.54. The number of nitrogens with zero attached hydrogens (tertiary/aromatic N) is 1. The summed E-state index contributed by atoms with van der Waals surface area (Å²) < 4.78 is 0.966. The van der Waals surface area contributed by atoms with E-state index in [0.29, 0.717) is 5.56 Å². The molecule has 1 aromatic carbocycles. The van der Waals surface area contributed by atoms with E-state index in [-0.39, 0.29) is 5.91 Å². The van der Waals surface area contributed by atoms with Gasteiger partial charge in [-0.15, -0.1) is 0 Å². The number of nitrogens with one attached hydrogen (secondary N) is 1. The number of benzene rings is 1. The number of hydrogen-bond donors (Lipinski definition) is 2. The van der Waals surface area contributed by atoms with Gasteiger partial charge < -0.3 is 0 Å². The molecule has 2 rings (SSSR count). The molecular formula is C14H20BrN3O. The molecule has 4 nitrogen and oxygen atoms in total. The van der Waals surface area contributed by atoms with E-state index in [4.69, 9.17) is 5.84 Å². The van der Waals surface area contributed by atoms with E-state index in [2.05, 4.69) is 33.2 Å². The first-order valence-corrected chi connectivity index (χ1v) is 7.45. The van der Waals surface area contributed by atoms with Gasteiger partial charge in [0.05, 0.1) is 0 Å². The largest absolute Gasteiger partial charge is 0.299 e. The lowest BCUT2D eigenvalue weighted by atomic mass is 10.1. The average molecular weight is 326 g/mol. The quantitative estimate of drug-likeness (QED) is 0.507. The fraction of sp³-hybridized carbons (Fsp3) is 0.500. The van der Waals surface area contributed by atoms with Crippen molar-refractivity contribution in [3.8, 4) is 0 Å². The van der Waals surface area contributed by atoms with Crippen molar-refractivity contribution < 1.29 is 4.79 Å². The van der Waals surface area contributed by atoms with Crippen LogP contribution < -0.4 is 11.3 Å². The molecule has 0 aliphatic carbocycles. The molecule has 19 heavy (non-hydrogen) atoms. The molecule has 3 N–H and O–H groups in total. The van der Waals surface area contributed by atoms with Gasteiger partial charge >= 0.3 is 0 Å². The predicted octanol–water partition coefficient (Wildman–Crippen LogP) is 2.28. The van der Waals surface area contributed by atoms with Crippen LogP contribution in [0.25, 0.3) is 0 Å². The molecule has 0 bridgehead atoms. The Morgan fingerprint density at radius 2 is 2.37 bits per heavy atom. The fourth-order valence-electron chi connectivity index (χ4n) is 2.53. The summed E-state index contributed by atoms with van der Waals surface area (Å²) in [5.74, 6) is 5.70. The highest BCUT2D eigenvalue weighted by molar-refractivity contribution is 9.10. The van der Waals surface area contributed by atoms with Gasteiger partial charge in [-0.1, -0.05) is 35.3 Å². The third-order valence-electron chi connectivity index (χ3n) is 3.79. The number of halogens is 1. The molecule has 1 fully saturated rings. The Labute approximate surface area is 122 Å². The SMILES string of the molecule is CCC1CCN(Cc2ccc(C(=O)NN)cc2Br)C1. The van der Waals surface area contributed by atoms with E-state index in [0.717, 1.165) is 23.5 Å². The van der Waals surface area contributed by atoms with Gasteiger partial charge in [0.2, 0.25) is 0 Å². The van der Waals surface area contributed by atoms with Crippen molar-refractivity contribution in [3.05, 3.63) is 33.8 Å². The van der Waals surface area contributed by atoms with Crippen molar-refractivity contribution in [2.75, 3.05) is 13.1 Å². The van der Waals surface area contributed by atoms with Crippen molar-refractivity contribution in [2.24, 2.45) is 11.8 Å². The average Bonchev–Trinajstić information content (AvgIpc) is 2.88. The molecule has 0 spiro atoms. The van der Waals surface area contributed by atoms with Crippen LogP contribution in [0, 0.1) is 5.92 Å². The minimum absolute atomic E-state index is 0.264. The molecule has 0 radical (unpaired) electrons. The number of nitrogens with two attached hydrogens (primary N) is 1. The second-order valence-corrected chi connectivity index (χ2v) is 5.93. The summed E-state index contributed by atoms with van der Waals surface area (Å²) in [4.78, 5) is 13.9. The zero-order valence-electron chi connectivity index (χ0n) is 11.2. The lowest BCUT2D eigenvalue weighted by Gasteiger charge is -2.17. The summed E-state index contributed by atoms with van der Waals surface area (Å²) in [5.41, 5.74) is 3.93. The van der Waals surface area contributed by atoms with Crippen LogP contribution in [0.4, 0.5) is 0 Å². The highest BCUT2D eigenvalue weighted by Crippen LogP contribution is 2.25. The molecule has 1 heterocycles. The minimum atomic E-state index is -0.264. The van der Waals surface area contributed by atoms with Crippen LogP contribution in [0.5, 0.6) is 0 Å². The summed E-state index contributed by atoms with van der Waals surface area (Å²) in [6.07, 6.45) is 2.55. The van der Waals surface area contributed by atoms with Crippen molar-refractivity contribution >= 4 is 21.8 Å². The maximum absolute atomic E-state index is 11.4. The summed E-state index contributed by atoms with van der Waals surface area (Å²) in [7, 11) is 0. The Morgan fingerprint density at radius 3 is 2.95 bits per heavy atom. The van der Waals surface area contributed by atoms with Crippen molar-refractivity contribution in [2.45, 2.75) is 26.3 Å². The Bertz CT molecular complexity index is 464. The Kier molecular flexibility index (Phi) is 4.96. The standard InChI is InChI=1S/C14H20BrN3O/c1-2-10-5-6-18(8-10)9-12-4-3-11(7-13(12)15)14(19)17-16/h3-4,7,10H,2,5-6,8-9,16H2,1H3,(H,17,19). The van der Waals surface area contributed by atoms with E-state index >= 15 is 0 Å². The Morgan fingerprint density at radius 1 is 1.58 bits per heavy atom. The van der Waals surface area contributed by atoms with Gasteiger partial charge in [0.1, 0.15) is 0 Å². The lowest BCUT2D eigenvalue weighted by Crippen LogP contribution is -2.30. The van der Waals surface area contributed by atoms with E-state index in [1.165, 1.54) is 24.9 Å². The molecule has 104 valence electrons. The van der Waals surface area contributed by atoms with Crippen molar-refractivity contribution in [3.63, 3.8) is 0 Å². The van der Waals surface area contributed by atoms with E-state index in [1.54, 1.807) is 0 Å². The molecule has 0 saturated carbocycles. The van der Waals surface area contributed by atoms with E-state index in [9.17, 15) is 4.79 Å². The smallest absolute Gasteiger partial charge is 0.265 e. The third-order valence-corrected chi connectivity index (χ3v) is 4.53. The highest BCUT2D eigenvalue weighted by Gasteiger charge is 2.21. The van der Waals surface area contributed by atoms with Crippen LogP contribution in [0.2, 0.25) is 0 Å². The first-order valence-electron chi connectivity index (χ1n) is 6.65. The van der Waals surface area contributed by atoms with Crippen molar-refractivity contribution in [1.82, 2.24) is 10.3 Å². The van der Waals surface area contributed by atoms with E-state index in [1.807, 2.05) is 18.2 Å². The van der Waals surface area contributed by atoms with Crippen LogP contribution in [0.3, 0.4) is 0 Å². The van der Waals surface area contributed by atoms with Gasteiger partial charge in [-0.3, -0.25) is 15.1 Å². The molecule has 0 aromatic heterocycles. The minimum Gasteiger partial charge on any atom is -0.299 e. The first kappa shape index (κ1) is 14.5. The molecule has 1 aliphatic heterocycles. The van der Waals surface area contributed by atoms with Crippen LogP contribution >= 0.6 is 15.9 Å². The molecule has 1 aromatic rings. The fourth-order valence-corrected chi connectivity index (χ4v) is 3.03. The van der Waals surface area contributed by atoms with Crippen LogP contribution in [0.1, 0.15) is 35.7 Å².